The van der Waals surface area contributed by atoms with Crippen LogP contribution in [0.25, 0.3) is 0 Å². The van der Waals surface area contributed by atoms with Gasteiger partial charge in [-0.1, -0.05) is 18.5 Å². The van der Waals surface area contributed by atoms with Gasteiger partial charge in [0.15, 0.2) is 0 Å². The number of carbonyl (C=O) groups is 2. The van der Waals surface area contributed by atoms with E-state index in [0.29, 0.717) is 43.4 Å². The maximum absolute atomic E-state index is 12.1. The molecule has 0 aliphatic carbocycles. The largest absolute Gasteiger partial charge is 0.339 e. The van der Waals surface area contributed by atoms with Crippen molar-refractivity contribution in [2.75, 3.05) is 26.2 Å². The summed E-state index contributed by atoms with van der Waals surface area (Å²) >= 11 is 7.29. The van der Waals surface area contributed by atoms with Crippen molar-refractivity contribution in [3.63, 3.8) is 0 Å². The highest BCUT2D eigenvalue weighted by Gasteiger charge is 2.23. The summed E-state index contributed by atoms with van der Waals surface area (Å²) in [6.07, 6.45) is 0.931. The van der Waals surface area contributed by atoms with Crippen LogP contribution in [0.15, 0.2) is 12.1 Å². The number of hydrogen-bond donors (Lipinski definition) is 0. The van der Waals surface area contributed by atoms with Crippen LogP contribution in [-0.2, 0) is 16.0 Å². The van der Waals surface area contributed by atoms with Gasteiger partial charge in [-0.2, -0.15) is 0 Å². The minimum Gasteiger partial charge on any atom is -0.339 e. The summed E-state index contributed by atoms with van der Waals surface area (Å²) < 4.78 is 0.709. The van der Waals surface area contributed by atoms with Crippen LogP contribution in [0.3, 0.4) is 0 Å². The average Bonchev–Trinajstić information content (AvgIpc) is 2.83. The van der Waals surface area contributed by atoms with Crippen LogP contribution in [0.1, 0.15) is 18.2 Å². The van der Waals surface area contributed by atoms with Gasteiger partial charge < -0.3 is 9.80 Å². The van der Waals surface area contributed by atoms with Gasteiger partial charge in [-0.3, -0.25) is 9.59 Å². The Balaban J connectivity index is 1.84. The molecule has 1 aliphatic rings. The van der Waals surface area contributed by atoms with Crippen molar-refractivity contribution in [1.29, 1.82) is 0 Å². The van der Waals surface area contributed by atoms with Gasteiger partial charge >= 0.3 is 0 Å². The lowest BCUT2D eigenvalue weighted by atomic mass is 10.2. The first-order valence-corrected chi connectivity index (χ1v) is 7.59. The Morgan fingerprint density at radius 3 is 2.21 bits per heavy atom. The molecule has 0 aromatic carbocycles. The van der Waals surface area contributed by atoms with Crippen molar-refractivity contribution in [1.82, 2.24) is 9.80 Å². The highest BCUT2D eigenvalue weighted by molar-refractivity contribution is 7.16. The summed E-state index contributed by atoms with van der Waals surface area (Å²) in [5, 5.41) is 0. The zero-order valence-corrected chi connectivity index (χ0v) is 12.5. The van der Waals surface area contributed by atoms with Crippen molar-refractivity contribution in [3.8, 4) is 0 Å². The molecule has 6 heteroatoms. The second kappa shape index (κ2) is 6.39. The standard InChI is InChI=1S/C13H17ClN2O2S/c1-2-12(17)15-5-7-16(8-6-15)13(18)9-10-3-4-11(14)19-10/h3-4H,2,5-9H2,1H3. The number of nitrogens with zero attached hydrogens (tertiary/aromatic N) is 2. The van der Waals surface area contributed by atoms with Gasteiger partial charge in [-0.15, -0.1) is 11.3 Å². The molecule has 2 amide bonds. The fraction of sp³-hybridized carbons (Fsp3) is 0.538. The molecule has 1 aromatic heterocycles. The molecule has 0 atom stereocenters. The minimum absolute atomic E-state index is 0.113. The molecule has 104 valence electrons. The second-order valence-electron chi connectivity index (χ2n) is 4.50. The fourth-order valence-electron chi connectivity index (χ4n) is 2.14. The first kappa shape index (κ1) is 14.3. The molecule has 0 N–H and O–H groups in total. The Morgan fingerprint density at radius 2 is 1.74 bits per heavy atom. The van der Waals surface area contributed by atoms with E-state index >= 15 is 0 Å². The van der Waals surface area contributed by atoms with E-state index in [9.17, 15) is 9.59 Å². The van der Waals surface area contributed by atoms with Gasteiger partial charge in [-0.05, 0) is 12.1 Å². The van der Waals surface area contributed by atoms with Crippen LogP contribution < -0.4 is 0 Å². The molecule has 0 spiro atoms. The Hall–Kier alpha value is -1.07. The van der Waals surface area contributed by atoms with E-state index in [-0.39, 0.29) is 11.8 Å². The Kier molecular flexibility index (Phi) is 4.82. The van der Waals surface area contributed by atoms with Gasteiger partial charge in [0.05, 0.1) is 10.8 Å². The number of rotatable bonds is 3. The molecular weight excluding hydrogens is 284 g/mol. The topological polar surface area (TPSA) is 40.6 Å². The zero-order valence-electron chi connectivity index (χ0n) is 10.9. The summed E-state index contributed by atoms with van der Waals surface area (Å²) in [6.45, 7) is 4.40. The van der Waals surface area contributed by atoms with Gasteiger partial charge in [-0.25, -0.2) is 0 Å². The molecule has 1 aromatic rings. The summed E-state index contributed by atoms with van der Waals surface area (Å²) in [5.74, 6) is 0.277. The van der Waals surface area contributed by atoms with Crippen LogP contribution in [0.2, 0.25) is 4.34 Å². The van der Waals surface area contributed by atoms with Gasteiger partial charge in [0.25, 0.3) is 0 Å². The molecule has 1 saturated heterocycles. The maximum Gasteiger partial charge on any atom is 0.227 e. The quantitative estimate of drug-likeness (QED) is 0.857. The van der Waals surface area contributed by atoms with Crippen molar-refractivity contribution >= 4 is 34.8 Å². The molecule has 4 nitrogen and oxygen atoms in total. The summed E-state index contributed by atoms with van der Waals surface area (Å²) in [5.41, 5.74) is 0. The SMILES string of the molecule is CCC(=O)N1CCN(C(=O)Cc2ccc(Cl)s2)CC1. The van der Waals surface area contributed by atoms with Crippen LogP contribution in [-0.4, -0.2) is 47.8 Å². The Labute approximate surface area is 121 Å². The molecule has 0 radical (unpaired) electrons. The van der Waals surface area contributed by atoms with E-state index < -0.39 is 0 Å². The highest BCUT2D eigenvalue weighted by Crippen LogP contribution is 2.22. The Bertz CT molecular complexity index is 467. The van der Waals surface area contributed by atoms with Crippen LogP contribution in [0, 0.1) is 0 Å². The monoisotopic (exact) mass is 300 g/mol. The number of hydrogen-bond acceptors (Lipinski definition) is 3. The zero-order chi connectivity index (χ0) is 13.8. The summed E-state index contributed by atoms with van der Waals surface area (Å²) in [4.78, 5) is 28.3. The average molecular weight is 301 g/mol. The number of carbonyl (C=O) groups excluding carboxylic acids is 2. The number of amides is 2. The predicted octanol–water partition coefficient (Wildman–Crippen LogP) is 2.02. The number of piperazine rings is 1. The smallest absolute Gasteiger partial charge is 0.227 e. The highest BCUT2D eigenvalue weighted by atomic mass is 35.5. The van der Waals surface area contributed by atoms with Crippen molar-refractivity contribution in [2.24, 2.45) is 0 Å². The van der Waals surface area contributed by atoms with E-state index in [1.165, 1.54) is 11.3 Å². The van der Waals surface area contributed by atoms with Crippen LogP contribution >= 0.6 is 22.9 Å². The molecule has 1 aliphatic heterocycles. The van der Waals surface area contributed by atoms with Gasteiger partial charge in [0.2, 0.25) is 11.8 Å². The van der Waals surface area contributed by atoms with Crippen molar-refractivity contribution in [3.05, 3.63) is 21.3 Å². The molecule has 19 heavy (non-hydrogen) atoms. The normalized spacial score (nSPS) is 15.7. The van der Waals surface area contributed by atoms with E-state index in [1.54, 1.807) is 0 Å². The third kappa shape index (κ3) is 3.70. The van der Waals surface area contributed by atoms with Crippen molar-refractivity contribution in [2.45, 2.75) is 19.8 Å². The van der Waals surface area contributed by atoms with Gasteiger partial charge in [0, 0.05) is 37.5 Å². The molecule has 0 unspecified atom stereocenters. The van der Waals surface area contributed by atoms with E-state index in [2.05, 4.69) is 0 Å². The first-order valence-electron chi connectivity index (χ1n) is 6.40. The van der Waals surface area contributed by atoms with Crippen LogP contribution in [0.4, 0.5) is 0 Å². The summed E-state index contributed by atoms with van der Waals surface area (Å²) in [7, 11) is 0. The first-order chi connectivity index (χ1) is 9.10. The third-order valence-corrected chi connectivity index (χ3v) is 4.47. The Morgan fingerprint density at radius 1 is 1.16 bits per heavy atom. The van der Waals surface area contributed by atoms with E-state index in [0.717, 1.165) is 4.88 Å². The molecule has 2 heterocycles. The number of thiophene rings is 1. The predicted molar refractivity (Wildman–Crippen MR) is 76.5 cm³/mol. The lowest BCUT2D eigenvalue weighted by Crippen LogP contribution is -2.50. The lowest BCUT2D eigenvalue weighted by molar-refractivity contribution is -0.138. The van der Waals surface area contributed by atoms with E-state index in [1.807, 2.05) is 28.9 Å². The summed E-state index contributed by atoms with van der Waals surface area (Å²) in [6, 6.07) is 3.70. The third-order valence-electron chi connectivity index (χ3n) is 3.24. The maximum atomic E-state index is 12.1. The number of halogens is 1. The fourth-order valence-corrected chi connectivity index (χ4v) is 3.22. The lowest BCUT2D eigenvalue weighted by Gasteiger charge is -2.34. The van der Waals surface area contributed by atoms with Crippen molar-refractivity contribution < 1.29 is 9.59 Å². The molecule has 2 rings (SSSR count). The minimum atomic E-state index is 0.113. The van der Waals surface area contributed by atoms with Crippen LogP contribution in [0.5, 0.6) is 0 Å². The van der Waals surface area contributed by atoms with Gasteiger partial charge in [0.1, 0.15) is 0 Å². The molecular formula is C13H17ClN2O2S. The molecule has 0 bridgehead atoms. The second-order valence-corrected chi connectivity index (χ2v) is 6.30. The molecule has 0 saturated carbocycles. The molecule has 1 fully saturated rings. The van der Waals surface area contributed by atoms with E-state index in [4.69, 9.17) is 11.6 Å².